The molecule has 0 saturated heterocycles. The number of rotatable bonds is 7. The second-order valence-corrected chi connectivity index (χ2v) is 9.64. The molecule has 3 aliphatic rings. The normalized spacial score (nSPS) is 26.0. The van der Waals surface area contributed by atoms with E-state index >= 15 is 0 Å². The topological polar surface area (TPSA) is 87.7 Å². The predicted octanol–water partition coefficient (Wildman–Crippen LogP) is 3.66. The molecule has 176 valence electrons. The van der Waals surface area contributed by atoms with Gasteiger partial charge in [-0.15, -0.1) is 0 Å². The van der Waals surface area contributed by atoms with E-state index in [2.05, 4.69) is 10.6 Å². The van der Waals surface area contributed by atoms with E-state index in [-0.39, 0.29) is 29.2 Å². The molecule has 33 heavy (non-hydrogen) atoms. The van der Waals surface area contributed by atoms with Gasteiger partial charge in [-0.1, -0.05) is 41.4 Å². The maximum Gasteiger partial charge on any atom is 0.258 e. The van der Waals surface area contributed by atoms with Gasteiger partial charge in [-0.3, -0.25) is 9.59 Å². The molecule has 0 spiro atoms. The fourth-order valence-electron chi connectivity index (χ4n) is 4.94. The van der Waals surface area contributed by atoms with Gasteiger partial charge in [-0.25, -0.2) is 4.39 Å². The lowest BCUT2D eigenvalue weighted by Crippen LogP contribution is -2.65. The lowest BCUT2D eigenvalue weighted by Gasteiger charge is -2.55. The zero-order valence-electron chi connectivity index (χ0n) is 18.5. The van der Waals surface area contributed by atoms with E-state index in [9.17, 15) is 19.1 Å². The van der Waals surface area contributed by atoms with Gasteiger partial charge in [0.15, 0.2) is 6.61 Å². The van der Waals surface area contributed by atoms with E-state index in [4.69, 9.17) is 16.3 Å². The molecule has 0 aliphatic heterocycles. The summed E-state index contributed by atoms with van der Waals surface area (Å²) in [6, 6.07) is 11.9. The first-order valence-electron chi connectivity index (χ1n) is 11.1. The third kappa shape index (κ3) is 4.99. The minimum absolute atomic E-state index is 0.0181. The summed E-state index contributed by atoms with van der Waals surface area (Å²) in [5.74, 6) is -0.895. The molecule has 3 saturated carbocycles. The Hall–Kier alpha value is -2.64. The molecule has 3 N–H and O–H groups in total. The Morgan fingerprint density at radius 3 is 2.48 bits per heavy atom. The summed E-state index contributed by atoms with van der Waals surface area (Å²) >= 11 is 5.66. The first kappa shape index (κ1) is 23.5. The van der Waals surface area contributed by atoms with Gasteiger partial charge in [0.05, 0.1) is 16.5 Å². The number of fused-ring (bicyclic) bond motifs is 3. The first-order chi connectivity index (χ1) is 15.7. The van der Waals surface area contributed by atoms with Crippen molar-refractivity contribution in [3.05, 3.63) is 64.4 Å². The molecular weight excluding hydrogens is 447 g/mol. The molecule has 3 fully saturated rings. The maximum absolute atomic E-state index is 13.5. The van der Waals surface area contributed by atoms with Crippen LogP contribution in [0.2, 0.25) is 5.02 Å². The Balaban J connectivity index is 1.31. The number of ether oxygens (including phenoxy) is 1. The van der Waals surface area contributed by atoms with Crippen LogP contribution in [0.1, 0.15) is 43.2 Å². The van der Waals surface area contributed by atoms with Crippen molar-refractivity contribution in [2.24, 2.45) is 5.41 Å². The van der Waals surface area contributed by atoms with E-state index in [0.717, 1.165) is 17.2 Å². The number of carbonyl (C=O) groups is 2. The fourth-order valence-corrected chi connectivity index (χ4v) is 5.06. The highest BCUT2D eigenvalue weighted by molar-refractivity contribution is 6.30. The molecule has 8 heteroatoms. The predicted molar refractivity (Wildman–Crippen MR) is 122 cm³/mol. The van der Waals surface area contributed by atoms with Crippen LogP contribution in [0.4, 0.5) is 4.39 Å². The largest absolute Gasteiger partial charge is 0.484 e. The van der Waals surface area contributed by atoms with Crippen molar-refractivity contribution in [3.63, 3.8) is 0 Å². The van der Waals surface area contributed by atoms with Gasteiger partial charge >= 0.3 is 0 Å². The second kappa shape index (κ2) is 9.31. The molecule has 0 radical (unpaired) electrons. The Labute approximate surface area is 197 Å². The van der Waals surface area contributed by atoms with E-state index in [1.807, 2.05) is 31.2 Å². The van der Waals surface area contributed by atoms with Crippen molar-refractivity contribution in [3.8, 4) is 5.75 Å². The molecule has 2 bridgehead atoms. The summed E-state index contributed by atoms with van der Waals surface area (Å²) in [6.45, 7) is 2.15. The van der Waals surface area contributed by atoms with E-state index in [1.165, 1.54) is 12.1 Å². The number of amides is 2. The van der Waals surface area contributed by atoms with Crippen molar-refractivity contribution in [2.45, 2.75) is 57.2 Å². The Morgan fingerprint density at radius 2 is 1.85 bits per heavy atom. The highest BCUT2D eigenvalue weighted by Gasteiger charge is 2.58. The van der Waals surface area contributed by atoms with Crippen LogP contribution in [0.15, 0.2) is 42.5 Å². The second-order valence-electron chi connectivity index (χ2n) is 9.24. The molecule has 0 aromatic heterocycles. The van der Waals surface area contributed by atoms with Crippen LogP contribution in [-0.4, -0.2) is 35.2 Å². The summed E-state index contributed by atoms with van der Waals surface area (Å²) in [4.78, 5) is 25.5. The zero-order valence-corrected chi connectivity index (χ0v) is 19.3. The average Bonchev–Trinajstić information content (AvgIpc) is 2.80. The summed E-state index contributed by atoms with van der Waals surface area (Å²) in [7, 11) is 0. The van der Waals surface area contributed by atoms with Gasteiger partial charge in [-0.2, -0.15) is 0 Å². The van der Waals surface area contributed by atoms with Crippen molar-refractivity contribution in [1.82, 2.24) is 10.6 Å². The maximum atomic E-state index is 13.5. The van der Waals surface area contributed by atoms with Crippen molar-refractivity contribution < 1.29 is 23.8 Å². The molecule has 0 heterocycles. The van der Waals surface area contributed by atoms with Crippen LogP contribution in [0.25, 0.3) is 0 Å². The summed E-state index contributed by atoms with van der Waals surface area (Å²) < 4.78 is 18.9. The van der Waals surface area contributed by atoms with Gasteiger partial charge in [0.1, 0.15) is 11.6 Å². The number of hydrogen-bond acceptors (Lipinski definition) is 4. The molecular formula is C25H28ClFN2O4. The van der Waals surface area contributed by atoms with Crippen LogP contribution in [-0.2, 0) is 16.1 Å². The third-order valence-corrected chi connectivity index (χ3v) is 7.32. The monoisotopic (exact) mass is 474 g/mol. The van der Waals surface area contributed by atoms with E-state index in [1.54, 1.807) is 0 Å². The molecule has 5 rings (SSSR count). The quantitative estimate of drug-likeness (QED) is 0.571. The lowest BCUT2D eigenvalue weighted by molar-refractivity contribution is -0.156. The SMILES string of the molecule is Cc1ccc(CNC(=O)C23CCC(NC(=O)COc4ccc(Cl)c(F)c4)(CC2)C[C@@H]3O)cc1. The van der Waals surface area contributed by atoms with Gasteiger partial charge in [0.25, 0.3) is 5.91 Å². The number of hydrogen-bond donors (Lipinski definition) is 3. The fraction of sp³-hybridized carbons (Fsp3) is 0.440. The summed E-state index contributed by atoms with van der Waals surface area (Å²) in [5.41, 5.74) is 0.773. The van der Waals surface area contributed by atoms with Gasteiger partial charge in [0, 0.05) is 18.2 Å². The van der Waals surface area contributed by atoms with Gasteiger partial charge < -0.3 is 20.5 Å². The zero-order chi connectivity index (χ0) is 23.6. The Bertz CT molecular complexity index is 1040. The van der Waals surface area contributed by atoms with Crippen LogP contribution in [0.5, 0.6) is 5.75 Å². The van der Waals surface area contributed by atoms with Crippen LogP contribution >= 0.6 is 11.6 Å². The molecule has 2 amide bonds. The first-order valence-corrected chi connectivity index (χ1v) is 11.5. The highest BCUT2D eigenvalue weighted by atomic mass is 35.5. The highest BCUT2D eigenvalue weighted by Crippen LogP contribution is 2.52. The third-order valence-electron chi connectivity index (χ3n) is 7.01. The number of nitrogens with one attached hydrogen (secondary N) is 2. The lowest BCUT2D eigenvalue weighted by atomic mass is 9.55. The van der Waals surface area contributed by atoms with Crippen molar-refractivity contribution in [1.29, 1.82) is 0 Å². The summed E-state index contributed by atoms with van der Waals surface area (Å²) in [6.07, 6.45) is 1.66. The number of aliphatic hydroxyl groups is 1. The smallest absolute Gasteiger partial charge is 0.258 e. The van der Waals surface area contributed by atoms with Crippen LogP contribution < -0.4 is 15.4 Å². The van der Waals surface area contributed by atoms with E-state index < -0.39 is 22.9 Å². The van der Waals surface area contributed by atoms with Crippen LogP contribution in [0.3, 0.4) is 0 Å². The molecule has 2 aromatic carbocycles. The molecule has 0 unspecified atom stereocenters. The van der Waals surface area contributed by atoms with E-state index in [0.29, 0.717) is 38.6 Å². The van der Waals surface area contributed by atoms with Gasteiger partial charge in [-0.05, 0) is 56.7 Å². The minimum atomic E-state index is -0.843. The molecule has 3 aliphatic carbocycles. The number of aryl methyl sites for hydroxylation is 1. The minimum Gasteiger partial charge on any atom is -0.484 e. The average molecular weight is 475 g/mol. The number of halogens is 2. The molecule has 6 nitrogen and oxygen atoms in total. The number of aliphatic hydroxyl groups excluding tert-OH is 1. The molecule has 1 atom stereocenters. The standard InChI is InChI=1S/C25H28ClFN2O4/c1-16-2-4-17(5-3-16)14-28-23(32)25-10-8-24(9-11-25,13-21(25)30)29-22(31)15-33-18-6-7-19(26)20(27)12-18/h2-7,12,21,30H,8-11,13-15H2,1H3,(H,28,32)(H,29,31)/t21-,24?,25?/m0/s1. The van der Waals surface area contributed by atoms with Crippen molar-refractivity contribution in [2.75, 3.05) is 6.61 Å². The summed E-state index contributed by atoms with van der Waals surface area (Å²) in [5, 5.41) is 16.9. The number of carbonyl (C=O) groups excluding carboxylic acids is 2. The van der Waals surface area contributed by atoms with Gasteiger partial charge in [0.2, 0.25) is 5.91 Å². The van der Waals surface area contributed by atoms with Crippen molar-refractivity contribution >= 4 is 23.4 Å². The number of benzene rings is 2. The molecule has 2 aromatic rings. The Morgan fingerprint density at radius 1 is 1.15 bits per heavy atom. The van der Waals surface area contributed by atoms with Crippen LogP contribution in [0, 0.1) is 18.2 Å². The Kier molecular flexibility index (Phi) is 6.64.